The predicted molar refractivity (Wildman–Crippen MR) is 133 cm³/mol. The van der Waals surface area contributed by atoms with Gasteiger partial charge in [0.1, 0.15) is 10.7 Å². The normalized spacial score (nSPS) is 18.6. The molecule has 1 aromatic heterocycles. The topological polar surface area (TPSA) is 97.1 Å². The summed E-state index contributed by atoms with van der Waals surface area (Å²) in [6, 6.07) is 9.62. The van der Waals surface area contributed by atoms with Gasteiger partial charge in [-0.3, -0.25) is 4.72 Å². The smallest absolute Gasteiger partial charge is 0.266 e. The average Bonchev–Trinajstić information content (AvgIpc) is 3.27. The number of benzene rings is 2. The molecule has 0 aliphatic heterocycles. The average molecular weight is 527 g/mol. The van der Waals surface area contributed by atoms with Gasteiger partial charge in [0.2, 0.25) is 0 Å². The number of rotatable bonds is 7. The van der Waals surface area contributed by atoms with Crippen LogP contribution in [0.2, 0.25) is 10.0 Å². The summed E-state index contributed by atoms with van der Waals surface area (Å²) in [4.78, 5) is 3.30. The van der Waals surface area contributed by atoms with Crippen molar-refractivity contribution in [1.29, 1.82) is 0 Å². The third-order valence-electron chi connectivity index (χ3n) is 5.45. The van der Waals surface area contributed by atoms with Crippen LogP contribution in [0, 0.1) is 11.7 Å². The van der Waals surface area contributed by atoms with Crippen molar-refractivity contribution < 1.29 is 12.8 Å². The van der Waals surface area contributed by atoms with Gasteiger partial charge in [-0.15, -0.1) is 11.3 Å². The Bertz CT molecular complexity index is 1270. The summed E-state index contributed by atoms with van der Waals surface area (Å²) in [5.41, 5.74) is 10.3. The lowest BCUT2D eigenvalue weighted by Gasteiger charge is -2.31. The lowest BCUT2D eigenvalue weighted by Crippen LogP contribution is -2.37. The molecule has 174 valence electrons. The Morgan fingerprint density at radius 2 is 1.97 bits per heavy atom. The molecule has 6 nitrogen and oxygen atoms in total. The maximum atomic E-state index is 14.8. The minimum Gasteiger partial charge on any atom is -0.383 e. The van der Waals surface area contributed by atoms with E-state index in [2.05, 4.69) is 21.1 Å². The zero-order valence-corrected chi connectivity index (χ0v) is 20.4. The second kappa shape index (κ2) is 9.99. The molecule has 2 unspecified atom stereocenters. The molecule has 0 radical (unpaired) electrons. The van der Waals surface area contributed by atoms with Gasteiger partial charge in [-0.05, 0) is 48.2 Å². The number of sulfonamides is 1. The summed E-state index contributed by atoms with van der Waals surface area (Å²) in [6.07, 6.45) is 3.84. The predicted octanol–water partition coefficient (Wildman–Crippen LogP) is 5.62. The second-order valence-corrected chi connectivity index (χ2v) is 10.8. The number of allylic oxidation sites excluding steroid dienone is 1. The molecule has 0 fully saturated rings. The number of nitrogens with two attached hydrogens (primary N) is 1. The van der Waals surface area contributed by atoms with Gasteiger partial charge >= 0.3 is 0 Å². The summed E-state index contributed by atoms with van der Waals surface area (Å²) >= 11 is 13.6. The lowest BCUT2D eigenvalue weighted by atomic mass is 9.80. The van der Waals surface area contributed by atoms with Crippen LogP contribution in [0.5, 0.6) is 0 Å². The van der Waals surface area contributed by atoms with Crippen LogP contribution in [-0.4, -0.2) is 26.0 Å². The molecule has 3 aromatic rings. The van der Waals surface area contributed by atoms with Crippen molar-refractivity contribution in [3.05, 3.63) is 74.8 Å². The molecule has 4 N–H and O–H groups in total. The van der Waals surface area contributed by atoms with E-state index in [1.54, 1.807) is 0 Å². The molecule has 33 heavy (non-hydrogen) atoms. The van der Waals surface area contributed by atoms with Gasteiger partial charge < -0.3 is 11.1 Å². The fourth-order valence-corrected chi connectivity index (χ4v) is 5.86. The Balaban J connectivity index is 1.54. The molecule has 0 bridgehead atoms. The maximum absolute atomic E-state index is 14.8. The minimum atomic E-state index is -4.18. The van der Waals surface area contributed by atoms with Crippen LogP contribution in [0.15, 0.2) is 58.3 Å². The van der Waals surface area contributed by atoms with Crippen molar-refractivity contribution in [3.63, 3.8) is 0 Å². The molecule has 2 aromatic carbocycles. The molecule has 0 amide bonds. The number of nitrogens with one attached hydrogen (secondary N) is 2. The fourth-order valence-electron chi connectivity index (χ4n) is 3.80. The molecule has 0 saturated heterocycles. The van der Waals surface area contributed by atoms with Gasteiger partial charge in [0.15, 0.2) is 5.82 Å². The van der Waals surface area contributed by atoms with Crippen LogP contribution in [0.4, 0.5) is 15.9 Å². The summed E-state index contributed by atoms with van der Waals surface area (Å²) < 4.78 is 42.1. The van der Waals surface area contributed by atoms with Gasteiger partial charge in [0.25, 0.3) is 10.0 Å². The number of nitrogens with zero attached hydrogens (tertiary/aromatic N) is 1. The van der Waals surface area contributed by atoms with Crippen molar-refractivity contribution in [2.45, 2.75) is 23.8 Å². The molecule has 0 saturated carbocycles. The van der Waals surface area contributed by atoms with Crippen LogP contribution < -0.4 is 15.8 Å². The molecule has 11 heteroatoms. The number of hydrogen-bond donors (Lipinski definition) is 3. The highest BCUT2D eigenvalue weighted by molar-refractivity contribution is 7.92. The molecule has 1 aliphatic carbocycles. The van der Waals surface area contributed by atoms with E-state index < -0.39 is 20.7 Å². The number of hydrogen-bond acceptors (Lipinski definition) is 6. The quantitative estimate of drug-likeness (QED) is 0.371. The number of aromatic nitrogens is 1. The van der Waals surface area contributed by atoms with Gasteiger partial charge in [0.05, 0.1) is 16.2 Å². The van der Waals surface area contributed by atoms with Crippen LogP contribution in [-0.2, 0) is 10.0 Å². The molecule has 2 atom stereocenters. The first-order valence-corrected chi connectivity index (χ1v) is 13.3. The van der Waals surface area contributed by atoms with Crippen molar-refractivity contribution in [2.24, 2.45) is 11.7 Å². The van der Waals surface area contributed by atoms with Crippen molar-refractivity contribution in [2.75, 3.05) is 16.6 Å². The lowest BCUT2D eigenvalue weighted by molar-refractivity contribution is 0.486. The maximum Gasteiger partial charge on any atom is 0.266 e. The monoisotopic (exact) mass is 526 g/mol. The summed E-state index contributed by atoms with van der Waals surface area (Å²) in [5, 5.41) is 5.38. The van der Waals surface area contributed by atoms with Crippen LogP contribution >= 0.6 is 34.5 Å². The molecule has 1 aliphatic rings. The number of anilines is 2. The van der Waals surface area contributed by atoms with E-state index in [1.165, 1.54) is 22.2 Å². The highest BCUT2D eigenvalue weighted by Crippen LogP contribution is 2.34. The summed E-state index contributed by atoms with van der Waals surface area (Å²) in [5.74, 6) is -0.856. The Kier molecular flexibility index (Phi) is 7.25. The molecule has 0 spiro atoms. The van der Waals surface area contributed by atoms with E-state index in [0.29, 0.717) is 11.6 Å². The van der Waals surface area contributed by atoms with Crippen LogP contribution in [0.25, 0.3) is 5.57 Å². The molecule has 1 heterocycles. The summed E-state index contributed by atoms with van der Waals surface area (Å²) in [7, 11) is -4.18. The van der Waals surface area contributed by atoms with Crippen LogP contribution in [0.3, 0.4) is 0 Å². The SMILES string of the molecule is NC1CCC=C(c2ccc(Cl)cc2)C1CNc1cc(F)c(S(=O)(=O)Nc2cscn2)cc1Cl. The first-order valence-electron chi connectivity index (χ1n) is 10.1. The Morgan fingerprint density at radius 1 is 1.21 bits per heavy atom. The van der Waals surface area contributed by atoms with Gasteiger partial charge in [-0.25, -0.2) is 17.8 Å². The standard InChI is InChI=1S/C22H21Cl2FN4O2S2/c23-14-6-4-13(5-7-14)15-2-1-3-19(26)16(15)10-27-20-9-18(25)21(8-17(20)24)33(30,31)29-22-11-32-12-28-22/h2,4-9,11-12,16,19,27,29H,1,3,10,26H2. The highest BCUT2D eigenvalue weighted by atomic mass is 35.5. The highest BCUT2D eigenvalue weighted by Gasteiger charge is 2.27. The fraction of sp³-hybridized carbons (Fsp3) is 0.227. The molecular weight excluding hydrogens is 506 g/mol. The van der Waals surface area contributed by atoms with Crippen molar-refractivity contribution in [3.8, 4) is 0 Å². The Labute approximate surface area is 205 Å². The number of halogens is 3. The van der Waals surface area contributed by atoms with E-state index in [9.17, 15) is 12.8 Å². The second-order valence-electron chi connectivity index (χ2n) is 7.64. The summed E-state index contributed by atoms with van der Waals surface area (Å²) in [6.45, 7) is 0.401. The van der Waals surface area contributed by atoms with Gasteiger partial charge in [0, 0.05) is 28.9 Å². The molecular formula is C22H21Cl2FN4O2S2. The van der Waals surface area contributed by atoms with E-state index in [0.717, 1.165) is 36.1 Å². The minimum absolute atomic E-state index is 0.0474. The molecule has 4 rings (SSSR count). The third kappa shape index (κ3) is 5.50. The van der Waals surface area contributed by atoms with E-state index in [-0.39, 0.29) is 28.5 Å². The van der Waals surface area contributed by atoms with Crippen molar-refractivity contribution >= 4 is 61.6 Å². The van der Waals surface area contributed by atoms with E-state index in [4.69, 9.17) is 28.9 Å². The largest absolute Gasteiger partial charge is 0.383 e. The van der Waals surface area contributed by atoms with E-state index in [1.807, 2.05) is 24.3 Å². The first kappa shape index (κ1) is 24.0. The van der Waals surface area contributed by atoms with Gasteiger partial charge in [-0.2, -0.15) is 0 Å². The van der Waals surface area contributed by atoms with Crippen LogP contribution in [0.1, 0.15) is 18.4 Å². The Hall–Kier alpha value is -2.17. The third-order valence-corrected chi connectivity index (χ3v) is 7.97. The number of thiazole rings is 1. The van der Waals surface area contributed by atoms with Gasteiger partial charge in [-0.1, -0.05) is 41.4 Å². The van der Waals surface area contributed by atoms with Crippen molar-refractivity contribution in [1.82, 2.24) is 4.98 Å². The zero-order valence-electron chi connectivity index (χ0n) is 17.3. The Morgan fingerprint density at radius 3 is 2.67 bits per heavy atom. The zero-order chi connectivity index (χ0) is 23.6. The first-order chi connectivity index (χ1) is 15.7. The van der Waals surface area contributed by atoms with E-state index >= 15 is 0 Å².